The molecule has 2 N–H and O–H groups in total. The second-order valence-corrected chi connectivity index (χ2v) is 5.46. The van der Waals surface area contributed by atoms with Crippen LogP contribution in [-0.4, -0.2) is 17.3 Å². The van der Waals surface area contributed by atoms with Gasteiger partial charge in [0.05, 0.1) is 11.3 Å². The van der Waals surface area contributed by atoms with Crippen molar-refractivity contribution in [1.82, 2.24) is 0 Å². The van der Waals surface area contributed by atoms with Crippen molar-refractivity contribution in [3.63, 3.8) is 0 Å². The molecule has 1 aromatic rings. The van der Waals surface area contributed by atoms with Crippen LogP contribution in [0.1, 0.15) is 20.8 Å². The minimum Gasteiger partial charge on any atom is -0.388 e. The fraction of sp³-hybridized carbons (Fsp3) is 0.500. The molecule has 1 unspecified atom stereocenters. The van der Waals surface area contributed by atoms with Gasteiger partial charge in [0, 0.05) is 17.1 Å². The highest BCUT2D eigenvalue weighted by atomic mass is 79.9. The van der Waals surface area contributed by atoms with Crippen molar-refractivity contribution >= 4 is 21.6 Å². The number of aliphatic hydroxyl groups is 1. The van der Waals surface area contributed by atoms with Crippen LogP contribution in [0.2, 0.25) is 0 Å². The summed E-state index contributed by atoms with van der Waals surface area (Å²) in [5.74, 6) is -1.30. The summed E-state index contributed by atoms with van der Waals surface area (Å²) in [6, 6.07) is 1.98. The van der Waals surface area contributed by atoms with Gasteiger partial charge in [-0.05, 0) is 34.8 Å². The first-order valence-corrected chi connectivity index (χ1v) is 6.14. The summed E-state index contributed by atoms with van der Waals surface area (Å²) in [6.45, 7) is 5.60. The van der Waals surface area contributed by atoms with E-state index in [1.54, 1.807) is 6.92 Å². The van der Waals surface area contributed by atoms with Gasteiger partial charge in [-0.2, -0.15) is 0 Å². The number of anilines is 1. The molecule has 0 spiro atoms. The molecule has 0 bridgehead atoms. The third kappa shape index (κ3) is 3.64. The standard InChI is InChI=1S/C12H16BrF2NO/c1-7(2)12(3,17)6-16-11-9(13)4-8(14)5-10(11)15/h4-5,7,16-17H,6H2,1-3H3. The molecule has 0 aliphatic heterocycles. The van der Waals surface area contributed by atoms with Gasteiger partial charge in [0.15, 0.2) is 0 Å². The summed E-state index contributed by atoms with van der Waals surface area (Å²) in [6.07, 6.45) is 0. The molecule has 0 aliphatic rings. The number of rotatable bonds is 4. The summed E-state index contributed by atoms with van der Waals surface area (Å²) in [5, 5.41) is 12.8. The molecule has 0 aliphatic carbocycles. The van der Waals surface area contributed by atoms with E-state index in [-0.39, 0.29) is 18.2 Å². The van der Waals surface area contributed by atoms with E-state index < -0.39 is 17.2 Å². The second-order valence-electron chi connectivity index (χ2n) is 4.61. The molecule has 2 nitrogen and oxygen atoms in total. The van der Waals surface area contributed by atoms with Crippen molar-refractivity contribution in [3.05, 3.63) is 28.2 Å². The van der Waals surface area contributed by atoms with Crippen LogP contribution in [0.3, 0.4) is 0 Å². The second kappa shape index (κ2) is 5.31. The lowest BCUT2D eigenvalue weighted by Gasteiger charge is -2.28. The molecule has 96 valence electrons. The predicted octanol–water partition coefficient (Wildman–Crippen LogP) is 3.55. The van der Waals surface area contributed by atoms with Gasteiger partial charge in [-0.1, -0.05) is 13.8 Å². The van der Waals surface area contributed by atoms with Crippen LogP contribution in [0.25, 0.3) is 0 Å². The van der Waals surface area contributed by atoms with Crippen LogP contribution in [0.5, 0.6) is 0 Å². The normalized spacial score (nSPS) is 14.8. The zero-order chi connectivity index (χ0) is 13.2. The summed E-state index contributed by atoms with van der Waals surface area (Å²) >= 11 is 3.08. The van der Waals surface area contributed by atoms with E-state index in [0.29, 0.717) is 4.47 Å². The highest BCUT2D eigenvalue weighted by molar-refractivity contribution is 9.10. The molecule has 1 atom stereocenters. The molecule has 0 heterocycles. The maximum atomic E-state index is 13.5. The molecule has 0 saturated heterocycles. The van der Waals surface area contributed by atoms with Gasteiger partial charge in [0.1, 0.15) is 11.6 Å². The van der Waals surface area contributed by atoms with Gasteiger partial charge >= 0.3 is 0 Å². The van der Waals surface area contributed by atoms with E-state index in [0.717, 1.165) is 6.07 Å². The van der Waals surface area contributed by atoms with Crippen LogP contribution in [0.4, 0.5) is 14.5 Å². The van der Waals surface area contributed by atoms with Crippen LogP contribution >= 0.6 is 15.9 Å². The van der Waals surface area contributed by atoms with Crippen LogP contribution in [-0.2, 0) is 0 Å². The van der Waals surface area contributed by atoms with Crippen molar-refractivity contribution in [3.8, 4) is 0 Å². The van der Waals surface area contributed by atoms with Crippen LogP contribution in [0.15, 0.2) is 16.6 Å². The molecule has 0 aromatic heterocycles. The molecular weight excluding hydrogens is 292 g/mol. The maximum Gasteiger partial charge on any atom is 0.150 e. The molecule has 0 amide bonds. The van der Waals surface area contributed by atoms with Crippen molar-refractivity contribution in [2.45, 2.75) is 26.4 Å². The van der Waals surface area contributed by atoms with Gasteiger partial charge < -0.3 is 10.4 Å². The van der Waals surface area contributed by atoms with E-state index in [9.17, 15) is 13.9 Å². The third-order valence-electron chi connectivity index (χ3n) is 2.87. The first kappa shape index (κ1) is 14.4. The van der Waals surface area contributed by atoms with Gasteiger partial charge in [0.25, 0.3) is 0 Å². The Balaban J connectivity index is 2.83. The Morgan fingerprint density at radius 3 is 2.47 bits per heavy atom. The Hall–Kier alpha value is -0.680. The van der Waals surface area contributed by atoms with Gasteiger partial charge in [-0.25, -0.2) is 8.78 Å². The van der Waals surface area contributed by atoms with Crippen molar-refractivity contribution < 1.29 is 13.9 Å². The minimum absolute atomic E-state index is 0.0253. The molecule has 5 heteroatoms. The van der Waals surface area contributed by atoms with E-state index in [4.69, 9.17) is 0 Å². The zero-order valence-corrected chi connectivity index (χ0v) is 11.6. The number of nitrogens with one attached hydrogen (secondary N) is 1. The first-order chi connectivity index (χ1) is 7.74. The largest absolute Gasteiger partial charge is 0.388 e. The molecule has 0 fully saturated rings. The molecule has 0 saturated carbocycles. The number of benzene rings is 1. The maximum absolute atomic E-state index is 13.5. The fourth-order valence-corrected chi connectivity index (χ4v) is 1.73. The van der Waals surface area contributed by atoms with Gasteiger partial charge in [0.2, 0.25) is 0 Å². The van der Waals surface area contributed by atoms with Crippen molar-refractivity contribution in [1.29, 1.82) is 0 Å². The van der Waals surface area contributed by atoms with E-state index in [1.807, 2.05) is 13.8 Å². The Bertz CT molecular complexity index is 384. The molecule has 1 rings (SSSR count). The Morgan fingerprint density at radius 2 is 2.00 bits per heavy atom. The molecule has 0 radical (unpaired) electrons. The molecule has 17 heavy (non-hydrogen) atoms. The summed E-state index contributed by atoms with van der Waals surface area (Å²) < 4.78 is 26.6. The van der Waals surface area contributed by atoms with Gasteiger partial charge in [-0.15, -0.1) is 0 Å². The Morgan fingerprint density at radius 1 is 1.41 bits per heavy atom. The van der Waals surface area contributed by atoms with E-state index in [1.165, 1.54) is 6.07 Å². The minimum atomic E-state index is -0.958. The zero-order valence-electron chi connectivity index (χ0n) is 10.0. The summed E-state index contributed by atoms with van der Waals surface area (Å²) in [7, 11) is 0. The molecular formula is C12H16BrF2NO. The summed E-state index contributed by atoms with van der Waals surface area (Å²) in [4.78, 5) is 0. The van der Waals surface area contributed by atoms with E-state index >= 15 is 0 Å². The molecule has 1 aromatic carbocycles. The average molecular weight is 308 g/mol. The highest BCUT2D eigenvalue weighted by Crippen LogP contribution is 2.28. The average Bonchev–Trinajstić information content (AvgIpc) is 2.15. The smallest absolute Gasteiger partial charge is 0.150 e. The number of hydrogen-bond donors (Lipinski definition) is 2. The van der Waals surface area contributed by atoms with Crippen molar-refractivity contribution in [2.24, 2.45) is 5.92 Å². The number of halogens is 3. The Labute approximate surface area is 108 Å². The first-order valence-electron chi connectivity index (χ1n) is 5.35. The van der Waals surface area contributed by atoms with Crippen LogP contribution < -0.4 is 5.32 Å². The van der Waals surface area contributed by atoms with Crippen molar-refractivity contribution in [2.75, 3.05) is 11.9 Å². The highest BCUT2D eigenvalue weighted by Gasteiger charge is 2.25. The third-order valence-corrected chi connectivity index (χ3v) is 3.50. The van der Waals surface area contributed by atoms with E-state index in [2.05, 4.69) is 21.2 Å². The lowest BCUT2D eigenvalue weighted by atomic mass is 9.92. The lowest BCUT2D eigenvalue weighted by molar-refractivity contribution is 0.0266. The fourth-order valence-electron chi connectivity index (χ4n) is 1.18. The quantitative estimate of drug-likeness (QED) is 0.891. The lowest BCUT2D eigenvalue weighted by Crippen LogP contribution is -2.39. The van der Waals surface area contributed by atoms with Gasteiger partial charge in [-0.3, -0.25) is 0 Å². The Kier molecular flexibility index (Phi) is 4.49. The SMILES string of the molecule is CC(C)C(C)(O)CNc1c(F)cc(F)cc1Br. The topological polar surface area (TPSA) is 32.3 Å². The monoisotopic (exact) mass is 307 g/mol. The summed E-state index contributed by atoms with van der Waals surface area (Å²) in [5.41, 5.74) is -0.799. The van der Waals surface area contributed by atoms with Crippen LogP contribution in [0, 0.1) is 17.6 Å². The predicted molar refractivity (Wildman–Crippen MR) is 68.0 cm³/mol. The number of hydrogen-bond acceptors (Lipinski definition) is 2.